The summed E-state index contributed by atoms with van der Waals surface area (Å²) in [5.74, 6) is 1.20. The lowest BCUT2D eigenvalue weighted by Gasteiger charge is -2.28. The predicted octanol–water partition coefficient (Wildman–Crippen LogP) is 3.55. The van der Waals surface area contributed by atoms with Crippen LogP contribution in [0.1, 0.15) is 0 Å². The quantitative estimate of drug-likeness (QED) is 0.256. The van der Waals surface area contributed by atoms with Gasteiger partial charge in [-0.15, -0.1) is 0 Å². The molecule has 0 unspecified atom stereocenters. The molecule has 0 spiro atoms. The maximum Gasteiger partial charge on any atom is 0.227 e. The highest BCUT2D eigenvalue weighted by Gasteiger charge is 2.11. The molecule has 0 bridgehead atoms. The summed E-state index contributed by atoms with van der Waals surface area (Å²) < 4.78 is 14.3. The van der Waals surface area contributed by atoms with Crippen molar-refractivity contribution >= 4 is 35.0 Å². The first-order valence-corrected chi connectivity index (χ1v) is 11.8. The first-order chi connectivity index (χ1) is 15.7. The maximum atomic E-state index is 6.19. The van der Waals surface area contributed by atoms with E-state index in [-0.39, 0.29) is 0 Å². The number of nitrogens with one attached hydrogen (secondary N) is 2. The molecule has 1 saturated heterocycles. The Morgan fingerprint density at radius 1 is 1.12 bits per heavy atom. The molecule has 0 aliphatic carbocycles. The Morgan fingerprint density at radius 3 is 2.69 bits per heavy atom. The van der Waals surface area contributed by atoms with Crippen LogP contribution in [-0.2, 0) is 4.74 Å². The Bertz CT molecular complexity index is 1010. The third-order valence-corrected chi connectivity index (χ3v) is 5.56. The summed E-state index contributed by atoms with van der Waals surface area (Å²) in [6.07, 6.45) is 3.72. The number of hydrogen-bond acceptors (Lipinski definition) is 9. The van der Waals surface area contributed by atoms with E-state index in [1.807, 2.05) is 42.7 Å². The van der Waals surface area contributed by atoms with Crippen LogP contribution in [0, 0.1) is 0 Å². The molecule has 32 heavy (non-hydrogen) atoms. The summed E-state index contributed by atoms with van der Waals surface area (Å²) in [6.45, 7) is 4.67. The van der Waals surface area contributed by atoms with Gasteiger partial charge in [-0.25, -0.2) is 9.97 Å². The molecule has 2 heterocycles. The summed E-state index contributed by atoms with van der Waals surface area (Å²) in [5, 5.41) is 3.28. The molecule has 168 valence electrons. The molecular weight excluding hydrogens is 424 g/mol. The number of hydrogen-bond donors (Lipinski definition) is 3. The van der Waals surface area contributed by atoms with Gasteiger partial charge in [0.25, 0.3) is 0 Å². The van der Waals surface area contributed by atoms with E-state index >= 15 is 0 Å². The largest absolute Gasteiger partial charge is 0.490 e. The summed E-state index contributed by atoms with van der Waals surface area (Å²) >= 11 is 1.56. The Balaban J connectivity index is 1.41. The minimum Gasteiger partial charge on any atom is -0.490 e. The fourth-order valence-electron chi connectivity index (χ4n) is 3.43. The van der Waals surface area contributed by atoms with Crippen molar-refractivity contribution in [2.24, 2.45) is 0 Å². The van der Waals surface area contributed by atoms with E-state index in [1.54, 1.807) is 18.1 Å². The number of nitrogens with two attached hydrogens (primary N) is 1. The summed E-state index contributed by atoms with van der Waals surface area (Å²) in [5.41, 5.74) is 10.6. The van der Waals surface area contributed by atoms with Gasteiger partial charge >= 0.3 is 0 Å². The van der Waals surface area contributed by atoms with Crippen molar-refractivity contribution < 1.29 is 9.47 Å². The zero-order chi connectivity index (χ0) is 22.2. The second-order valence-corrected chi connectivity index (χ2v) is 7.93. The number of benzene rings is 2. The van der Waals surface area contributed by atoms with Crippen molar-refractivity contribution in [3.63, 3.8) is 0 Å². The van der Waals surface area contributed by atoms with Crippen molar-refractivity contribution in [1.82, 2.24) is 14.7 Å². The monoisotopic (exact) mass is 452 g/mol. The van der Waals surface area contributed by atoms with Crippen molar-refractivity contribution in [2.45, 2.75) is 0 Å². The summed E-state index contributed by atoms with van der Waals surface area (Å²) in [7, 11) is 0. The van der Waals surface area contributed by atoms with Crippen molar-refractivity contribution in [1.29, 1.82) is 0 Å². The van der Waals surface area contributed by atoms with Crippen LogP contribution in [0.25, 0.3) is 11.3 Å². The molecule has 9 heteroatoms. The number of morpholine rings is 1. The van der Waals surface area contributed by atoms with Crippen LogP contribution in [0.3, 0.4) is 0 Å². The molecule has 0 amide bonds. The number of nitrogen functional groups attached to an aromatic ring is 1. The second-order valence-electron chi connectivity index (χ2n) is 7.24. The standard InChI is InChI=1S/C23H28N6O2S/c1-32-26-10-13-31-22-7-2-17(16-20(22)24)21-8-9-25-23(28-21)27-18-3-5-19(6-4-18)29-11-14-30-15-12-29/h2-9,16,26H,10-15,24H2,1H3,(H,25,27,28). The number of nitrogens with zero attached hydrogens (tertiary/aromatic N) is 3. The first kappa shape index (κ1) is 22.2. The minimum atomic E-state index is 0.531. The fraction of sp³-hybridized carbons (Fsp3) is 0.304. The summed E-state index contributed by atoms with van der Waals surface area (Å²) in [4.78, 5) is 11.3. The lowest BCUT2D eigenvalue weighted by Crippen LogP contribution is -2.36. The van der Waals surface area contributed by atoms with Gasteiger partial charge in [-0.1, -0.05) is 11.9 Å². The van der Waals surface area contributed by atoms with E-state index in [0.29, 0.717) is 24.0 Å². The van der Waals surface area contributed by atoms with Crippen LogP contribution < -0.4 is 25.4 Å². The van der Waals surface area contributed by atoms with Crippen molar-refractivity contribution in [3.8, 4) is 17.0 Å². The highest BCUT2D eigenvalue weighted by atomic mass is 32.2. The molecule has 1 aliphatic rings. The molecule has 8 nitrogen and oxygen atoms in total. The molecular formula is C23H28N6O2S. The van der Waals surface area contributed by atoms with Crippen LogP contribution in [0.2, 0.25) is 0 Å². The third-order valence-electron chi connectivity index (χ3n) is 5.07. The smallest absolute Gasteiger partial charge is 0.227 e. The van der Waals surface area contributed by atoms with Crippen LogP contribution in [0.4, 0.5) is 23.0 Å². The van der Waals surface area contributed by atoms with Gasteiger partial charge in [0, 0.05) is 42.8 Å². The Kier molecular flexibility index (Phi) is 7.65. The van der Waals surface area contributed by atoms with Gasteiger partial charge in [0.1, 0.15) is 12.4 Å². The highest BCUT2D eigenvalue weighted by Crippen LogP contribution is 2.28. The van der Waals surface area contributed by atoms with E-state index in [9.17, 15) is 0 Å². The van der Waals surface area contributed by atoms with Crippen LogP contribution in [0.15, 0.2) is 54.7 Å². The summed E-state index contributed by atoms with van der Waals surface area (Å²) in [6, 6.07) is 15.9. The molecule has 1 aliphatic heterocycles. The van der Waals surface area contributed by atoms with Crippen LogP contribution in [-0.4, -0.2) is 55.7 Å². The average Bonchev–Trinajstić information content (AvgIpc) is 2.84. The van der Waals surface area contributed by atoms with Gasteiger partial charge < -0.3 is 25.4 Å². The molecule has 1 fully saturated rings. The van der Waals surface area contributed by atoms with E-state index in [2.05, 4.69) is 37.0 Å². The van der Waals surface area contributed by atoms with E-state index in [1.165, 1.54) is 5.69 Å². The second kappa shape index (κ2) is 11.0. The normalized spacial score (nSPS) is 13.7. The molecule has 4 N–H and O–H groups in total. The number of rotatable bonds is 9. The number of aromatic nitrogens is 2. The van der Waals surface area contributed by atoms with Gasteiger partial charge in [0.15, 0.2) is 0 Å². The molecule has 0 radical (unpaired) electrons. The molecule has 1 aromatic heterocycles. The van der Waals surface area contributed by atoms with Gasteiger partial charge in [-0.2, -0.15) is 0 Å². The predicted molar refractivity (Wildman–Crippen MR) is 132 cm³/mol. The Hall–Kier alpha value is -3.01. The zero-order valence-electron chi connectivity index (χ0n) is 18.1. The molecule has 0 atom stereocenters. The number of anilines is 4. The number of ether oxygens (including phenoxy) is 2. The third kappa shape index (κ3) is 5.82. The Morgan fingerprint density at radius 2 is 1.94 bits per heavy atom. The molecule has 4 rings (SSSR count). The van der Waals surface area contributed by atoms with Crippen molar-refractivity contribution in [3.05, 3.63) is 54.7 Å². The minimum absolute atomic E-state index is 0.531. The van der Waals surface area contributed by atoms with Crippen LogP contribution >= 0.6 is 11.9 Å². The topological polar surface area (TPSA) is 97.6 Å². The fourth-order valence-corrected chi connectivity index (χ4v) is 3.72. The van der Waals surface area contributed by atoms with Gasteiger partial charge in [-0.3, -0.25) is 4.72 Å². The highest BCUT2D eigenvalue weighted by molar-refractivity contribution is 7.96. The van der Waals surface area contributed by atoms with E-state index in [0.717, 1.165) is 49.8 Å². The van der Waals surface area contributed by atoms with Gasteiger partial charge in [0.2, 0.25) is 5.95 Å². The first-order valence-electron chi connectivity index (χ1n) is 10.5. The lowest BCUT2D eigenvalue weighted by molar-refractivity contribution is 0.122. The molecule has 0 saturated carbocycles. The van der Waals surface area contributed by atoms with Gasteiger partial charge in [0.05, 0.1) is 24.6 Å². The SMILES string of the molecule is CSNCCOc1ccc(-c2ccnc(Nc3ccc(N4CCOCC4)cc3)n2)cc1N. The van der Waals surface area contributed by atoms with E-state index in [4.69, 9.17) is 15.2 Å². The van der Waals surface area contributed by atoms with Gasteiger partial charge in [-0.05, 0) is 54.8 Å². The lowest BCUT2D eigenvalue weighted by atomic mass is 10.1. The van der Waals surface area contributed by atoms with E-state index < -0.39 is 0 Å². The maximum absolute atomic E-state index is 6.19. The Labute approximate surface area is 192 Å². The molecule has 2 aromatic carbocycles. The van der Waals surface area contributed by atoms with Crippen molar-refractivity contribution in [2.75, 3.05) is 61.7 Å². The van der Waals surface area contributed by atoms with Crippen LogP contribution in [0.5, 0.6) is 5.75 Å². The zero-order valence-corrected chi connectivity index (χ0v) is 18.9. The average molecular weight is 453 g/mol. The molecule has 3 aromatic rings.